The van der Waals surface area contributed by atoms with Gasteiger partial charge in [0.2, 0.25) is 0 Å². The zero-order valence-electron chi connectivity index (χ0n) is 9.60. The highest BCUT2D eigenvalue weighted by Gasteiger charge is 2.11. The average Bonchev–Trinajstić information content (AvgIpc) is 2.85. The van der Waals surface area contributed by atoms with Gasteiger partial charge < -0.3 is 10.2 Å². The topological polar surface area (TPSA) is 69.9 Å². The Morgan fingerprint density at radius 3 is 2.88 bits per heavy atom. The minimum atomic E-state index is 0.656. The maximum atomic E-state index is 5.65. The molecule has 0 unspecified atom stereocenters. The highest BCUT2D eigenvalue weighted by Crippen LogP contribution is 2.23. The van der Waals surface area contributed by atoms with Crippen molar-refractivity contribution < 1.29 is 4.42 Å². The van der Waals surface area contributed by atoms with E-state index in [-0.39, 0.29) is 0 Å². The van der Waals surface area contributed by atoms with Crippen LogP contribution in [0.4, 0.5) is 0 Å². The molecule has 0 aliphatic heterocycles. The van der Waals surface area contributed by atoms with Crippen LogP contribution in [0.3, 0.4) is 0 Å². The smallest absolute Gasteiger partial charge is 0.194 e. The highest BCUT2D eigenvalue weighted by atomic mass is 16.4. The normalized spacial score (nSPS) is 10.9. The van der Waals surface area contributed by atoms with Crippen LogP contribution in [0.5, 0.6) is 0 Å². The molecule has 16 heavy (non-hydrogen) atoms. The van der Waals surface area contributed by atoms with Gasteiger partial charge in [-0.2, -0.15) is 5.10 Å². The molecule has 5 heteroatoms. The Balaban J connectivity index is 2.21. The van der Waals surface area contributed by atoms with Gasteiger partial charge in [0.25, 0.3) is 0 Å². The van der Waals surface area contributed by atoms with Gasteiger partial charge in [-0.25, -0.2) is 4.98 Å². The molecule has 2 aromatic heterocycles. The Hall–Kier alpha value is -1.62. The highest BCUT2D eigenvalue weighted by molar-refractivity contribution is 5.58. The molecule has 86 valence electrons. The summed E-state index contributed by atoms with van der Waals surface area (Å²) in [6.07, 6.45) is 5.22. The van der Waals surface area contributed by atoms with E-state index in [1.54, 1.807) is 12.4 Å². The third-order valence-electron chi connectivity index (χ3n) is 2.65. The molecule has 0 aromatic carbocycles. The van der Waals surface area contributed by atoms with Gasteiger partial charge in [-0.15, -0.1) is 0 Å². The first-order valence-corrected chi connectivity index (χ1v) is 5.36. The van der Waals surface area contributed by atoms with E-state index >= 15 is 0 Å². The molecule has 0 radical (unpaired) electrons. The van der Waals surface area contributed by atoms with Crippen molar-refractivity contribution in [2.45, 2.75) is 19.8 Å². The summed E-state index contributed by atoms with van der Waals surface area (Å²) < 4.78 is 7.46. The summed E-state index contributed by atoms with van der Waals surface area (Å²) in [5, 5.41) is 4.17. The molecular weight excluding hydrogens is 204 g/mol. The van der Waals surface area contributed by atoms with Crippen LogP contribution in [0.2, 0.25) is 0 Å². The van der Waals surface area contributed by atoms with Crippen LogP contribution in [-0.2, 0) is 13.5 Å². The van der Waals surface area contributed by atoms with E-state index in [4.69, 9.17) is 10.2 Å². The first-order chi connectivity index (χ1) is 7.72. The van der Waals surface area contributed by atoms with E-state index in [1.807, 2.05) is 18.7 Å². The third kappa shape index (κ3) is 1.99. The number of nitrogens with two attached hydrogens (primary N) is 1. The lowest BCUT2D eigenvalue weighted by atomic mass is 10.2. The second kappa shape index (κ2) is 4.49. The van der Waals surface area contributed by atoms with E-state index in [9.17, 15) is 0 Å². The number of aryl methyl sites for hydroxylation is 2. The summed E-state index contributed by atoms with van der Waals surface area (Å²) in [6, 6.07) is 0. The van der Waals surface area contributed by atoms with Gasteiger partial charge in [0.15, 0.2) is 11.7 Å². The molecule has 5 nitrogen and oxygen atoms in total. The number of rotatable bonds is 4. The molecule has 0 bridgehead atoms. The molecular formula is C11H16N4O. The van der Waals surface area contributed by atoms with Gasteiger partial charge >= 0.3 is 0 Å². The number of nitrogens with zero attached hydrogens (tertiary/aromatic N) is 3. The quantitative estimate of drug-likeness (QED) is 0.842. The fraction of sp³-hybridized carbons (Fsp3) is 0.455. The van der Waals surface area contributed by atoms with Gasteiger partial charge in [0, 0.05) is 19.2 Å². The molecule has 0 saturated carbocycles. The van der Waals surface area contributed by atoms with Crippen molar-refractivity contribution in [2.75, 3.05) is 6.54 Å². The van der Waals surface area contributed by atoms with Crippen LogP contribution in [0.15, 0.2) is 16.8 Å². The molecule has 0 aliphatic carbocycles. The number of hydrogen-bond acceptors (Lipinski definition) is 4. The van der Waals surface area contributed by atoms with Crippen molar-refractivity contribution in [3.63, 3.8) is 0 Å². The van der Waals surface area contributed by atoms with Crippen LogP contribution < -0.4 is 5.73 Å². The summed E-state index contributed by atoms with van der Waals surface area (Å²) >= 11 is 0. The maximum Gasteiger partial charge on any atom is 0.194 e. The van der Waals surface area contributed by atoms with E-state index in [0.717, 1.165) is 35.7 Å². The summed E-state index contributed by atoms with van der Waals surface area (Å²) in [5.74, 6) is 1.52. The molecule has 0 spiro atoms. The van der Waals surface area contributed by atoms with E-state index in [2.05, 4.69) is 10.1 Å². The fourth-order valence-corrected chi connectivity index (χ4v) is 1.54. The van der Waals surface area contributed by atoms with Gasteiger partial charge in [0.1, 0.15) is 0 Å². The Kier molecular flexibility index (Phi) is 3.05. The van der Waals surface area contributed by atoms with Gasteiger partial charge in [-0.1, -0.05) is 0 Å². The summed E-state index contributed by atoms with van der Waals surface area (Å²) in [5.41, 5.74) is 7.50. The number of oxazole rings is 1. The Labute approximate surface area is 94.3 Å². The molecule has 0 atom stereocenters. The predicted octanol–water partition coefficient (Wildman–Crippen LogP) is 1.27. The molecule has 2 heterocycles. The molecule has 0 fully saturated rings. The number of hydrogen-bond donors (Lipinski definition) is 1. The van der Waals surface area contributed by atoms with E-state index < -0.39 is 0 Å². The first kappa shape index (κ1) is 10.9. The largest absolute Gasteiger partial charge is 0.441 e. The second-order valence-electron chi connectivity index (χ2n) is 3.78. The summed E-state index contributed by atoms with van der Waals surface area (Å²) in [7, 11) is 1.91. The van der Waals surface area contributed by atoms with Crippen molar-refractivity contribution in [1.82, 2.24) is 14.8 Å². The van der Waals surface area contributed by atoms with Crippen LogP contribution in [-0.4, -0.2) is 21.3 Å². The standard InChI is InChI=1S/C11H16N4O/c1-8-9(6-14-15(8)2)10-7-13-11(16-10)4-3-5-12/h6-7H,3-5,12H2,1-2H3. The van der Waals surface area contributed by atoms with Gasteiger partial charge in [0.05, 0.1) is 18.0 Å². The molecule has 0 amide bonds. The van der Waals surface area contributed by atoms with Gasteiger partial charge in [-0.05, 0) is 19.9 Å². The van der Waals surface area contributed by atoms with Crippen molar-refractivity contribution in [2.24, 2.45) is 12.8 Å². The molecule has 0 saturated heterocycles. The Bertz CT molecular complexity index is 472. The summed E-state index contributed by atoms with van der Waals surface area (Å²) in [4.78, 5) is 4.22. The Morgan fingerprint density at radius 1 is 1.44 bits per heavy atom. The lowest BCUT2D eigenvalue weighted by Gasteiger charge is -1.96. The van der Waals surface area contributed by atoms with Crippen molar-refractivity contribution in [3.8, 4) is 11.3 Å². The Morgan fingerprint density at radius 2 is 2.25 bits per heavy atom. The fourth-order valence-electron chi connectivity index (χ4n) is 1.54. The minimum absolute atomic E-state index is 0.656. The lowest BCUT2D eigenvalue weighted by molar-refractivity contribution is 0.499. The zero-order chi connectivity index (χ0) is 11.5. The van der Waals surface area contributed by atoms with Crippen LogP contribution >= 0.6 is 0 Å². The zero-order valence-corrected chi connectivity index (χ0v) is 9.60. The second-order valence-corrected chi connectivity index (χ2v) is 3.78. The average molecular weight is 220 g/mol. The van der Waals surface area contributed by atoms with Crippen LogP contribution in [0.25, 0.3) is 11.3 Å². The maximum absolute atomic E-state index is 5.65. The first-order valence-electron chi connectivity index (χ1n) is 5.36. The monoisotopic (exact) mass is 220 g/mol. The molecule has 2 rings (SSSR count). The molecule has 2 N–H and O–H groups in total. The molecule has 0 aliphatic rings. The van der Waals surface area contributed by atoms with Crippen molar-refractivity contribution >= 4 is 0 Å². The van der Waals surface area contributed by atoms with Crippen molar-refractivity contribution in [1.29, 1.82) is 0 Å². The van der Waals surface area contributed by atoms with Crippen LogP contribution in [0, 0.1) is 6.92 Å². The molecule has 2 aromatic rings. The number of aromatic nitrogens is 3. The summed E-state index contributed by atoms with van der Waals surface area (Å²) in [6.45, 7) is 2.66. The van der Waals surface area contributed by atoms with E-state index in [0.29, 0.717) is 6.54 Å². The third-order valence-corrected chi connectivity index (χ3v) is 2.65. The van der Waals surface area contributed by atoms with E-state index in [1.165, 1.54) is 0 Å². The van der Waals surface area contributed by atoms with Crippen LogP contribution in [0.1, 0.15) is 18.0 Å². The minimum Gasteiger partial charge on any atom is -0.441 e. The lowest BCUT2D eigenvalue weighted by Crippen LogP contribution is -2.00. The predicted molar refractivity (Wildman–Crippen MR) is 60.8 cm³/mol. The SMILES string of the molecule is Cc1c(-c2cnc(CCCN)o2)cnn1C. The van der Waals surface area contributed by atoms with Gasteiger partial charge in [-0.3, -0.25) is 4.68 Å². The van der Waals surface area contributed by atoms with Crippen molar-refractivity contribution in [3.05, 3.63) is 24.0 Å².